The van der Waals surface area contributed by atoms with Crippen molar-refractivity contribution in [1.82, 2.24) is 16.0 Å². The van der Waals surface area contributed by atoms with Crippen LogP contribution in [0.1, 0.15) is 58.8 Å². The highest BCUT2D eigenvalue weighted by molar-refractivity contribution is 5.01. The monoisotopic (exact) mass is 211 g/mol. The molecule has 0 spiro atoms. The van der Waals surface area contributed by atoms with E-state index in [4.69, 9.17) is 0 Å². The van der Waals surface area contributed by atoms with E-state index in [9.17, 15) is 0 Å². The van der Waals surface area contributed by atoms with Crippen LogP contribution in [0, 0.1) is 0 Å². The summed E-state index contributed by atoms with van der Waals surface area (Å²) in [6, 6.07) is 0. The fourth-order valence-electron chi connectivity index (χ4n) is 1.72. The van der Waals surface area contributed by atoms with Crippen molar-refractivity contribution in [3.05, 3.63) is 11.9 Å². The third-order valence-corrected chi connectivity index (χ3v) is 2.72. The maximum absolute atomic E-state index is 3.22. The summed E-state index contributed by atoms with van der Waals surface area (Å²) in [5, 5.41) is 2.17. The van der Waals surface area contributed by atoms with E-state index < -0.39 is 0 Å². The zero-order valence-corrected chi connectivity index (χ0v) is 10.2. The normalized spacial score (nSPS) is 15.3. The van der Waals surface area contributed by atoms with Gasteiger partial charge in [0.1, 0.15) is 0 Å². The summed E-state index contributed by atoms with van der Waals surface area (Å²) in [4.78, 5) is 0. The molecule has 0 unspecified atom stereocenters. The Hall–Kier alpha value is -0.700. The van der Waals surface area contributed by atoms with Crippen LogP contribution in [-0.2, 0) is 0 Å². The molecule has 0 aromatic rings. The van der Waals surface area contributed by atoms with Crippen molar-refractivity contribution in [2.24, 2.45) is 0 Å². The second-order valence-electron chi connectivity index (χ2n) is 4.25. The number of rotatable bonds is 8. The van der Waals surface area contributed by atoms with Crippen molar-refractivity contribution in [3.8, 4) is 0 Å². The maximum Gasteiger partial charge on any atom is 0.0453 e. The molecular formula is C12H25N3. The molecule has 0 bridgehead atoms. The van der Waals surface area contributed by atoms with Crippen molar-refractivity contribution in [2.45, 2.75) is 58.8 Å². The molecule has 0 aromatic heterocycles. The molecule has 0 amide bonds. The Morgan fingerprint density at radius 2 is 1.87 bits per heavy atom. The highest BCUT2D eigenvalue weighted by atomic mass is 15.7. The lowest BCUT2D eigenvalue weighted by atomic mass is 10.2. The van der Waals surface area contributed by atoms with Crippen molar-refractivity contribution in [3.63, 3.8) is 0 Å². The predicted octanol–water partition coefficient (Wildman–Crippen LogP) is 2.92. The Morgan fingerprint density at radius 1 is 1.07 bits per heavy atom. The first-order valence-corrected chi connectivity index (χ1v) is 6.35. The van der Waals surface area contributed by atoms with Gasteiger partial charge in [0.05, 0.1) is 0 Å². The Bertz CT molecular complexity index is 189. The third-order valence-electron chi connectivity index (χ3n) is 2.72. The van der Waals surface area contributed by atoms with Gasteiger partial charge in [0.15, 0.2) is 0 Å². The van der Waals surface area contributed by atoms with E-state index in [2.05, 4.69) is 36.0 Å². The minimum absolute atomic E-state index is 1.11. The molecule has 0 saturated heterocycles. The summed E-state index contributed by atoms with van der Waals surface area (Å²) >= 11 is 0. The Labute approximate surface area is 93.9 Å². The summed E-state index contributed by atoms with van der Waals surface area (Å²) in [5.41, 5.74) is 7.73. The van der Waals surface area contributed by atoms with Gasteiger partial charge in [-0.3, -0.25) is 5.01 Å². The Morgan fingerprint density at radius 3 is 2.60 bits per heavy atom. The van der Waals surface area contributed by atoms with Gasteiger partial charge in [-0.2, -0.15) is 0 Å². The van der Waals surface area contributed by atoms with Gasteiger partial charge in [0.25, 0.3) is 0 Å². The van der Waals surface area contributed by atoms with Crippen LogP contribution in [0.3, 0.4) is 0 Å². The molecule has 1 aliphatic rings. The Balaban J connectivity index is 2.08. The number of nitrogens with one attached hydrogen (secondary N) is 2. The number of hydrogen-bond donors (Lipinski definition) is 2. The van der Waals surface area contributed by atoms with Crippen LogP contribution in [0.5, 0.6) is 0 Å². The summed E-state index contributed by atoms with van der Waals surface area (Å²) in [6.07, 6.45) is 11.2. The lowest BCUT2D eigenvalue weighted by Crippen LogP contribution is -2.36. The average molecular weight is 211 g/mol. The average Bonchev–Trinajstić information content (AvgIpc) is 2.69. The van der Waals surface area contributed by atoms with Gasteiger partial charge >= 0.3 is 0 Å². The van der Waals surface area contributed by atoms with Crippen LogP contribution in [-0.4, -0.2) is 11.6 Å². The van der Waals surface area contributed by atoms with E-state index in [-0.39, 0.29) is 0 Å². The van der Waals surface area contributed by atoms with Gasteiger partial charge in [-0.15, -0.1) is 5.53 Å². The second kappa shape index (κ2) is 7.57. The molecule has 0 fully saturated rings. The molecule has 1 heterocycles. The molecule has 3 nitrogen and oxygen atoms in total. The standard InChI is InChI=1S/C12H25N3/c1-3-5-7-8-10-15-11-12(13-14-15)9-6-4-2/h11,13-14H,3-10H2,1-2H3. The van der Waals surface area contributed by atoms with Crippen LogP contribution < -0.4 is 11.0 Å². The van der Waals surface area contributed by atoms with Crippen molar-refractivity contribution >= 4 is 0 Å². The van der Waals surface area contributed by atoms with Gasteiger partial charge in [0.2, 0.25) is 0 Å². The van der Waals surface area contributed by atoms with Crippen LogP contribution >= 0.6 is 0 Å². The molecule has 2 N–H and O–H groups in total. The highest BCUT2D eigenvalue weighted by Crippen LogP contribution is 2.09. The zero-order valence-electron chi connectivity index (χ0n) is 10.2. The first-order chi connectivity index (χ1) is 7.36. The fraction of sp³-hybridized carbons (Fsp3) is 0.833. The van der Waals surface area contributed by atoms with Gasteiger partial charge < -0.3 is 5.43 Å². The predicted molar refractivity (Wildman–Crippen MR) is 64.7 cm³/mol. The van der Waals surface area contributed by atoms with E-state index in [0.717, 1.165) is 13.0 Å². The molecule has 0 radical (unpaired) electrons. The Kier molecular flexibility index (Phi) is 6.25. The van der Waals surface area contributed by atoms with Gasteiger partial charge in [0, 0.05) is 18.4 Å². The van der Waals surface area contributed by atoms with Crippen molar-refractivity contribution in [1.29, 1.82) is 0 Å². The molecule has 0 aliphatic carbocycles. The lowest BCUT2D eigenvalue weighted by molar-refractivity contribution is 0.264. The summed E-state index contributed by atoms with van der Waals surface area (Å²) < 4.78 is 0. The number of nitrogens with zero attached hydrogens (tertiary/aromatic N) is 1. The third kappa shape index (κ3) is 5.07. The van der Waals surface area contributed by atoms with Crippen molar-refractivity contribution < 1.29 is 0 Å². The first-order valence-electron chi connectivity index (χ1n) is 6.35. The summed E-state index contributed by atoms with van der Waals surface area (Å²) in [7, 11) is 0. The molecule has 3 heteroatoms. The summed E-state index contributed by atoms with van der Waals surface area (Å²) in [5.74, 6) is 0. The van der Waals surface area contributed by atoms with E-state index in [1.165, 1.54) is 44.2 Å². The molecule has 0 atom stereocenters. The van der Waals surface area contributed by atoms with E-state index in [0.29, 0.717) is 0 Å². The molecule has 1 aliphatic heterocycles. The molecule has 1 rings (SSSR count). The van der Waals surface area contributed by atoms with Crippen LogP contribution in [0.25, 0.3) is 0 Å². The van der Waals surface area contributed by atoms with Crippen LogP contribution in [0.2, 0.25) is 0 Å². The van der Waals surface area contributed by atoms with E-state index >= 15 is 0 Å². The smallest absolute Gasteiger partial charge is 0.0453 e. The quantitative estimate of drug-likeness (QED) is 0.604. The van der Waals surface area contributed by atoms with Gasteiger partial charge in [-0.05, 0) is 19.3 Å². The number of allylic oxidation sites excluding steroid dienone is 1. The van der Waals surface area contributed by atoms with Crippen LogP contribution in [0.4, 0.5) is 0 Å². The number of unbranched alkanes of at least 4 members (excludes halogenated alkanes) is 4. The maximum atomic E-state index is 3.22. The molecule has 88 valence electrons. The topological polar surface area (TPSA) is 27.3 Å². The largest absolute Gasteiger partial charge is 0.306 e. The fourth-order valence-corrected chi connectivity index (χ4v) is 1.72. The molecule has 0 aromatic carbocycles. The molecule has 15 heavy (non-hydrogen) atoms. The minimum atomic E-state index is 1.11. The number of hydrogen-bond acceptors (Lipinski definition) is 3. The zero-order chi connectivity index (χ0) is 10.9. The van der Waals surface area contributed by atoms with E-state index in [1.54, 1.807) is 0 Å². The van der Waals surface area contributed by atoms with Gasteiger partial charge in [-0.1, -0.05) is 39.5 Å². The van der Waals surface area contributed by atoms with Crippen LogP contribution in [0.15, 0.2) is 11.9 Å². The minimum Gasteiger partial charge on any atom is -0.306 e. The highest BCUT2D eigenvalue weighted by Gasteiger charge is 2.09. The molecule has 0 saturated carbocycles. The SMILES string of the molecule is CCCCCCN1C=C(CCCC)NN1. The molecular weight excluding hydrogens is 186 g/mol. The lowest BCUT2D eigenvalue weighted by Gasteiger charge is -2.14. The summed E-state index contributed by atoms with van der Waals surface area (Å²) in [6.45, 7) is 5.59. The number of hydrazine groups is 2. The first kappa shape index (κ1) is 12.4. The van der Waals surface area contributed by atoms with Crippen molar-refractivity contribution in [2.75, 3.05) is 6.54 Å². The van der Waals surface area contributed by atoms with Gasteiger partial charge in [-0.25, -0.2) is 0 Å². The second-order valence-corrected chi connectivity index (χ2v) is 4.25. The van der Waals surface area contributed by atoms with E-state index in [1.807, 2.05) is 0 Å².